The molecule has 0 spiro atoms. The zero-order chi connectivity index (χ0) is 20.5. The molecule has 2 rings (SSSR count). The van der Waals surface area contributed by atoms with Gasteiger partial charge in [0.1, 0.15) is 11.3 Å². The Bertz CT molecular complexity index is 939. The van der Waals surface area contributed by atoms with E-state index in [4.69, 9.17) is 4.74 Å². The van der Waals surface area contributed by atoms with Crippen molar-refractivity contribution in [1.82, 2.24) is 0 Å². The summed E-state index contributed by atoms with van der Waals surface area (Å²) in [7, 11) is 1.03. The van der Waals surface area contributed by atoms with E-state index in [0.717, 1.165) is 18.7 Å². The SMILES string of the molecule is COc1c(C=CC(=O)c2cc(C)cs2)c(C)c(C)c(C(=O)O)c1C(F)(F)F. The Morgan fingerprint density at radius 1 is 1.19 bits per heavy atom. The number of methoxy groups -OCH3 is 1. The van der Waals surface area contributed by atoms with Crippen molar-refractivity contribution in [2.24, 2.45) is 0 Å². The molecular weight excluding hydrogens is 381 g/mol. The van der Waals surface area contributed by atoms with Gasteiger partial charge in [-0.1, -0.05) is 0 Å². The largest absolute Gasteiger partial charge is 0.495 e. The normalized spacial score (nSPS) is 11.8. The molecule has 0 aliphatic heterocycles. The van der Waals surface area contributed by atoms with Gasteiger partial charge in [-0.15, -0.1) is 11.3 Å². The van der Waals surface area contributed by atoms with Crippen LogP contribution in [0.3, 0.4) is 0 Å². The lowest BCUT2D eigenvalue weighted by Gasteiger charge is -2.21. The number of carbonyl (C=O) groups excluding carboxylic acids is 1. The fraction of sp³-hybridized carbons (Fsp3) is 0.263. The summed E-state index contributed by atoms with van der Waals surface area (Å²) in [6.07, 6.45) is -2.54. The van der Waals surface area contributed by atoms with Crippen LogP contribution >= 0.6 is 11.3 Å². The minimum absolute atomic E-state index is 0.0222. The van der Waals surface area contributed by atoms with Crippen molar-refractivity contribution in [3.05, 3.63) is 55.8 Å². The third kappa shape index (κ3) is 4.05. The zero-order valence-corrected chi connectivity index (χ0v) is 15.8. The molecule has 0 radical (unpaired) electrons. The Morgan fingerprint density at radius 3 is 2.26 bits per heavy atom. The maximum atomic E-state index is 13.6. The highest BCUT2D eigenvalue weighted by molar-refractivity contribution is 7.12. The Labute approximate surface area is 157 Å². The van der Waals surface area contributed by atoms with Crippen LogP contribution in [0.5, 0.6) is 5.75 Å². The van der Waals surface area contributed by atoms with E-state index in [1.165, 1.54) is 31.3 Å². The lowest BCUT2D eigenvalue weighted by molar-refractivity contribution is -0.139. The topological polar surface area (TPSA) is 63.6 Å². The van der Waals surface area contributed by atoms with Crippen LogP contribution in [-0.4, -0.2) is 24.0 Å². The second-order valence-corrected chi connectivity index (χ2v) is 6.85. The summed E-state index contributed by atoms with van der Waals surface area (Å²) in [5.41, 5.74) is -1.02. The zero-order valence-electron chi connectivity index (χ0n) is 15.0. The van der Waals surface area contributed by atoms with E-state index in [0.29, 0.717) is 10.4 Å². The van der Waals surface area contributed by atoms with Gasteiger partial charge in [0.05, 0.1) is 17.6 Å². The molecule has 144 valence electrons. The number of rotatable bonds is 5. The molecule has 4 nitrogen and oxygen atoms in total. The summed E-state index contributed by atoms with van der Waals surface area (Å²) in [4.78, 5) is 24.2. The van der Waals surface area contributed by atoms with Gasteiger partial charge in [-0.05, 0) is 61.1 Å². The van der Waals surface area contributed by atoms with Gasteiger partial charge in [0.25, 0.3) is 0 Å². The van der Waals surface area contributed by atoms with Crippen LogP contribution in [0.2, 0.25) is 0 Å². The van der Waals surface area contributed by atoms with Gasteiger partial charge in [-0.25, -0.2) is 4.79 Å². The second kappa shape index (κ2) is 7.56. The maximum Gasteiger partial charge on any atom is 0.420 e. The molecule has 0 saturated heterocycles. The molecule has 0 unspecified atom stereocenters. The number of aryl methyl sites for hydroxylation is 1. The van der Waals surface area contributed by atoms with E-state index in [1.807, 2.05) is 6.92 Å². The first-order valence-corrected chi connectivity index (χ1v) is 8.66. The first-order valence-electron chi connectivity index (χ1n) is 7.78. The maximum absolute atomic E-state index is 13.6. The summed E-state index contributed by atoms with van der Waals surface area (Å²) >= 11 is 1.23. The molecule has 2 aromatic rings. The average Bonchev–Trinajstić information content (AvgIpc) is 3.00. The highest BCUT2D eigenvalue weighted by Gasteiger charge is 2.41. The van der Waals surface area contributed by atoms with Gasteiger partial charge < -0.3 is 9.84 Å². The molecular formula is C19H17F3O4S. The van der Waals surface area contributed by atoms with Gasteiger partial charge in [0, 0.05) is 5.56 Å². The van der Waals surface area contributed by atoms with Crippen LogP contribution in [0.15, 0.2) is 17.5 Å². The molecule has 1 N–H and O–H groups in total. The number of alkyl halides is 3. The summed E-state index contributed by atoms with van der Waals surface area (Å²) in [6, 6.07) is 1.68. The molecule has 0 atom stereocenters. The number of carboxylic acids is 1. The van der Waals surface area contributed by atoms with E-state index >= 15 is 0 Å². The van der Waals surface area contributed by atoms with Crippen molar-refractivity contribution in [3.63, 3.8) is 0 Å². The van der Waals surface area contributed by atoms with Crippen LogP contribution in [0.1, 0.15) is 47.8 Å². The number of carbonyl (C=O) groups is 2. The number of hydrogen-bond acceptors (Lipinski definition) is 4. The second-order valence-electron chi connectivity index (χ2n) is 5.94. The lowest BCUT2D eigenvalue weighted by Crippen LogP contribution is -2.18. The predicted molar refractivity (Wildman–Crippen MR) is 96.8 cm³/mol. The summed E-state index contributed by atoms with van der Waals surface area (Å²) in [5.74, 6) is -2.67. The standard InChI is InChI=1S/C19H17F3O4S/c1-9-7-14(27-8-9)13(23)6-5-12-10(2)11(3)15(18(24)25)16(17(12)26-4)19(20,21)22/h5-8H,1-4H3,(H,24,25). The van der Waals surface area contributed by atoms with Gasteiger partial charge in [-0.2, -0.15) is 13.2 Å². The van der Waals surface area contributed by atoms with Crippen LogP contribution in [-0.2, 0) is 6.18 Å². The van der Waals surface area contributed by atoms with Crippen molar-refractivity contribution in [2.75, 3.05) is 7.11 Å². The van der Waals surface area contributed by atoms with Crippen molar-refractivity contribution in [3.8, 4) is 5.75 Å². The number of benzene rings is 1. The van der Waals surface area contributed by atoms with Crippen molar-refractivity contribution >= 4 is 29.2 Å². The first-order chi connectivity index (χ1) is 12.5. The fourth-order valence-corrected chi connectivity index (χ4v) is 3.57. The molecule has 0 saturated carbocycles. The van der Waals surface area contributed by atoms with Gasteiger partial charge in [-0.3, -0.25) is 4.79 Å². The Morgan fingerprint density at radius 2 is 1.81 bits per heavy atom. The summed E-state index contributed by atoms with van der Waals surface area (Å²) in [5, 5.41) is 11.1. The number of aromatic carboxylic acids is 1. The van der Waals surface area contributed by atoms with E-state index in [1.54, 1.807) is 11.4 Å². The molecule has 0 aliphatic rings. The van der Waals surface area contributed by atoms with Crippen molar-refractivity contribution in [1.29, 1.82) is 0 Å². The van der Waals surface area contributed by atoms with E-state index in [-0.39, 0.29) is 16.9 Å². The molecule has 1 aromatic heterocycles. The number of carboxylic acid groups (broad SMARTS) is 1. The third-order valence-electron chi connectivity index (χ3n) is 4.14. The minimum Gasteiger partial charge on any atom is -0.495 e. The van der Waals surface area contributed by atoms with Gasteiger partial charge >= 0.3 is 12.1 Å². The average molecular weight is 398 g/mol. The quantitative estimate of drug-likeness (QED) is 0.549. The molecule has 0 fully saturated rings. The highest BCUT2D eigenvalue weighted by Crippen LogP contribution is 2.44. The summed E-state index contributed by atoms with van der Waals surface area (Å²) in [6.45, 7) is 4.62. The molecule has 0 aliphatic carbocycles. The number of halogens is 3. The number of hydrogen-bond donors (Lipinski definition) is 1. The van der Waals surface area contributed by atoms with Gasteiger partial charge in [0.15, 0.2) is 5.78 Å². The number of allylic oxidation sites excluding steroid dienone is 1. The summed E-state index contributed by atoms with van der Waals surface area (Å²) < 4.78 is 45.7. The first kappa shape index (κ1) is 20.7. The van der Waals surface area contributed by atoms with E-state index in [2.05, 4.69) is 0 Å². The fourth-order valence-electron chi connectivity index (χ4n) is 2.75. The van der Waals surface area contributed by atoms with Crippen LogP contribution in [0.25, 0.3) is 6.08 Å². The van der Waals surface area contributed by atoms with Gasteiger partial charge in [0.2, 0.25) is 0 Å². The van der Waals surface area contributed by atoms with Crippen LogP contribution < -0.4 is 4.74 Å². The van der Waals surface area contributed by atoms with Crippen LogP contribution in [0.4, 0.5) is 13.2 Å². The smallest absolute Gasteiger partial charge is 0.420 e. The Hall–Kier alpha value is -2.61. The molecule has 1 heterocycles. The Balaban J connectivity index is 2.69. The molecule has 0 amide bonds. The Kier molecular flexibility index (Phi) is 5.79. The molecule has 8 heteroatoms. The number of ketones is 1. The lowest BCUT2D eigenvalue weighted by atomic mass is 9.90. The van der Waals surface area contributed by atoms with E-state index < -0.39 is 29.0 Å². The van der Waals surface area contributed by atoms with Crippen molar-refractivity contribution < 1.29 is 32.6 Å². The molecule has 1 aromatic carbocycles. The highest BCUT2D eigenvalue weighted by atomic mass is 32.1. The predicted octanol–water partition coefficient (Wildman–Crippen LogP) is 5.30. The molecule has 0 bridgehead atoms. The molecule has 27 heavy (non-hydrogen) atoms. The van der Waals surface area contributed by atoms with Crippen LogP contribution in [0, 0.1) is 20.8 Å². The van der Waals surface area contributed by atoms with Crippen molar-refractivity contribution in [2.45, 2.75) is 26.9 Å². The number of thiophene rings is 1. The minimum atomic E-state index is -4.94. The van der Waals surface area contributed by atoms with E-state index in [9.17, 15) is 27.9 Å². The number of ether oxygens (including phenoxy) is 1. The third-order valence-corrected chi connectivity index (χ3v) is 5.20. The monoisotopic (exact) mass is 398 g/mol.